The van der Waals surface area contributed by atoms with Gasteiger partial charge in [0.05, 0.1) is 11.3 Å². The molecule has 3 rings (SSSR count). The van der Waals surface area contributed by atoms with E-state index in [4.69, 9.17) is 0 Å². The number of anilines is 1. The van der Waals surface area contributed by atoms with Crippen LogP contribution in [0.5, 0.6) is 0 Å². The largest absolute Gasteiger partial charge is 0.622 e. The molecule has 1 saturated heterocycles. The van der Waals surface area contributed by atoms with Crippen molar-refractivity contribution < 1.29 is 4.74 Å². The predicted molar refractivity (Wildman–Crippen MR) is 64.8 cm³/mol. The van der Waals surface area contributed by atoms with Crippen LogP contribution in [0.4, 0.5) is 5.69 Å². The van der Waals surface area contributed by atoms with Crippen LogP contribution in [-0.4, -0.2) is 23.7 Å². The quantitative estimate of drug-likeness (QED) is 0.492. The van der Waals surface area contributed by atoms with E-state index >= 15 is 0 Å². The standard InChI is InChI=1S/C13H16N2O/c16-15-10-11-6-3-4-7-12(11)14-9-5-1-2-8-13(14)15/h3-4,6-7,10,13H,1-2,5,8-9H2. The van der Waals surface area contributed by atoms with E-state index in [1.54, 1.807) is 6.21 Å². The van der Waals surface area contributed by atoms with Crippen molar-refractivity contribution in [3.8, 4) is 0 Å². The average molecular weight is 216 g/mol. The Hall–Kier alpha value is -1.51. The molecule has 0 amide bonds. The lowest BCUT2D eigenvalue weighted by Gasteiger charge is -2.33. The van der Waals surface area contributed by atoms with Gasteiger partial charge in [0, 0.05) is 13.0 Å². The highest BCUT2D eigenvalue weighted by Crippen LogP contribution is 2.29. The van der Waals surface area contributed by atoms with Crippen molar-refractivity contribution in [2.75, 3.05) is 11.4 Å². The first kappa shape index (κ1) is 9.70. The molecule has 1 aromatic carbocycles. The summed E-state index contributed by atoms with van der Waals surface area (Å²) in [6.45, 7) is 1.01. The number of fused-ring (bicyclic) bond motifs is 3. The van der Waals surface area contributed by atoms with Gasteiger partial charge < -0.3 is 10.1 Å². The minimum atomic E-state index is 0.0254. The Bertz CT molecular complexity index is 428. The Kier molecular flexibility index (Phi) is 2.31. The summed E-state index contributed by atoms with van der Waals surface area (Å²) in [4.78, 5) is 2.27. The number of hydrogen-bond acceptors (Lipinski definition) is 2. The molecule has 1 aromatic rings. The minimum absolute atomic E-state index is 0.0254. The lowest BCUT2D eigenvalue weighted by atomic mass is 10.1. The fourth-order valence-electron chi connectivity index (χ4n) is 2.72. The first-order chi connectivity index (χ1) is 7.86. The zero-order valence-corrected chi connectivity index (χ0v) is 9.30. The lowest BCUT2D eigenvalue weighted by molar-refractivity contribution is -0.498. The number of rotatable bonds is 0. The first-order valence-corrected chi connectivity index (χ1v) is 6.02. The zero-order valence-electron chi connectivity index (χ0n) is 9.30. The van der Waals surface area contributed by atoms with Gasteiger partial charge in [0.25, 0.3) is 0 Å². The SMILES string of the molecule is [O-][N+]1=Cc2ccccc2N2CCCCCC21. The topological polar surface area (TPSA) is 29.3 Å². The van der Waals surface area contributed by atoms with Crippen LogP contribution in [-0.2, 0) is 0 Å². The fraction of sp³-hybridized carbons (Fsp3) is 0.462. The summed E-state index contributed by atoms with van der Waals surface area (Å²) < 4.78 is 1.13. The highest BCUT2D eigenvalue weighted by Gasteiger charge is 2.31. The Morgan fingerprint density at radius 3 is 3.00 bits per heavy atom. The van der Waals surface area contributed by atoms with Crippen LogP contribution in [0.15, 0.2) is 24.3 Å². The maximum atomic E-state index is 12.0. The van der Waals surface area contributed by atoms with Gasteiger partial charge in [-0.25, -0.2) is 0 Å². The first-order valence-electron chi connectivity index (χ1n) is 6.02. The summed E-state index contributed by atoms with van der Waals surface area (Å²) in [6.07, 6.45) is 6.34. The third-order valence-corrected chi connectivity index (χ3v) is 3.53. The van der Waals surface area contributed by atoms with E-state index in [2.05, 4.69) is 17.0 Å². The molecular formula is C13H16N2O. The van der Waals surface area contributed by atoms with E-state index in [0.29, 0.717) is 0 Å². The van der Waals surface area contributed by atoms with Crippen molar-refractivity contribution in [2.24, 2.45) is 0 Å². The number of nitrogens with zero attached hydrogens (tertiary/aromatic N) is 2. The molecule has 84 valence electrons. The van der Waals surface area contributed by atoms with Gasteiger partial charge in [-0.3, -0.25) is 0 Å². The molecule has 16 heavy (non-hydrogen) atoms. The Balaban J connectivity index is 2.07. The summed E-state index contributed by atoms with van der Waals surface area (Å²) in [5, 5.41) is 12.0. The average Bonchev–Trinajstić information content (AvgIpc) is 2.55. The van der Waals surface area contributed by atoms with Crippen LogP contribution < -0.4 is 4.90 Å². The van der Waals surface area contributed by atoms with Crippen LogP contribution in [0.25, 0.3) is 0 Å². The van der Waals surface area contributed by atoms with E-state index in [1.165, 1.54) is 18.5 Å². The monoisotopic (exact) mass is 216 g/mol. The molecule has 1 unspecified atom stereocenters. The summed E-state index contributed by atoms with van der Waals surface area (Å²) >= 11 is 0. The van der Waals surface area contributed by atoms with Crippen molar-refractivity contribution in [2.45, 2.75) is 31.8 Å². The molecule has 3 nitrogen and oxygen atoms in total. The highest BCUT2D eigenvalue weighted by atomic mass is 16.5. The molecule has 0 aliphatic carbocycles. The van der Waals surface area contributed by atoms with E-state index in [1.807, 2.05) is 12.1 Å². The third-order valence-electron chi connectivity index (χ3n) is 3.53. The van der Waals surface area contributed by atoms with Gasteiger partial charge in [0.2, 0.25) is 6.17 Å². The van der Waals surface area contributed by atoms with E-state index in [0.717, 1.165) is 29.7 Å². The number of hydrogen-bond donors (Lipinski definition) is 0. The molecule has 0 saturated carbocycles. The highest BCUT2D eigenvalue weighted by molar-refractivity contribution is 5.86. The second-order valence-electron chi connectivity index (χ2n) is 4.57. The van der Waals surface area contributed by atoms with Crippen LogP contribution in [0.2, 0.25) is 0 Å². The lowest BCUT2D eigenvalue weighted by Crippen LogP contribution is -2.45. The van der Waals surface area contributed by atoms with Gasteiger partial charge in [0.15, 0.2) is 6.21 Å². The van der Waals surface area contributed by atoms with Gasteiger partial charge in [-0.15, -0.1) is 0 Å². The smallest absolute Gasteiger partial charge is 0.238 e. The van der Waals surface area contributed by atoms with E-state index < -0.39 is 0 Å². The number of para-hydroxylation sites is 1. The van der Waals surface area contributed by atoms with E-state index in [-0.39, 0.29) is 6.17 Å². The second-order valence-corrected chi connectivity index (χ2v) is 4.57. The van der Waals surface area contributed by atoms with Crippen LogP contribution in [0.1, 0.15) is 31.2 Å². The summed E-state index contributed by atoms with van der Waals surface area (Å²) in [5.41, 5.74) is 2.28. The van der Waals surface area contributed by atoms with Gasteiger partial charge in [-0.1, -0.05) is 18.6 Å². The van der Waals surface area contributed by atoms with Crippen molar-refractivity contribution >= 4 is 11.9 Å². The van der Waals surface area contributed by atoms with Crippen molar-refractivity contribution in [3.05, 3.63) is 35.0 Å². The molecule has 1 fully saturated rings. The molecule has 0 bridgehead atoms. The zero-order chi connectivity index (χ0) is 11.0. The Morgan fingerprint density at radius 1 is 1.19 bits per heavy atom. The van der Waals surface area contributed by atoms with Crippen molar-refractivity contribution in [1.82, 2.24) is 0 Å². The van der Waals surface area contributed by atoms with Gasteiger partial charge in [-0.05, 0) is 25.0 Å². The van der Waals surface area contributed by atoms with Gasteiger partial charge >= 0.3 is 0 Å². The summed E-state index contributed by atoms with van der Waals surface area (Å²) in [6, 6.07) is 8.18. The molecule has 0 radical (unpaired) electrons. The molecule has 3 heteroatoms. The molecule has 0 N–H and O–H groups in total. The Labute approximate surface area is 95.6 Å². The summed E-state index contributed by atoms with van der Waals surface area (Å²) in [7, 11) is 0. The van der Waals surface area contributed by atoms with Gasteiger partial charge in [-0.2, -0.15) is 4.74 Å². The molecule has 2 heterocycles. The molecular weight excluding hydrogens is 200 g/mol. The van der Waals surface area contributed by atoms with Crippen molar-refractivity contribution in [1.29, 1.82) is 0 Å². The molecule has 1 atom stereocenters. The predicted octanol–water partition coefficient (Wildman–Crippen LogP) is 2.34. The van der Waals surface area contributed by atoms with Crippen molar-refractivity contribution in [3.63, 3.8) is 0 Å². The molecule has 2 aliphatic heterocycles. The van der Waals surface area contributed by atoms with Crippen LogP contribution >= 0.6 is 0 Å². The molecule has 2 aliphatic rings. The fourth-order valence-corrected chi connectivity index (χ4v) is 2.72. The Morgan fingerprint density at radius 2 is 2.06 bits per heavy atom. The van der Waals surface area contributed by atoms with Gasteiger partial charge in [0.1, 0.15) is 0 Å². The normalized spacial score (nSPS) is 24.1. The van der Waals surface area contributed by atoms with Crippen LogP contribution in [0, 0.1) is 5.21 Å². The molecule has 0 spiro atoms. The van der Waals surface area contributed by atoms with E-state index in [9.17, 15) is 5.21 Å². The number of hydroxylamine groups is 1. The summed E-state index contributed by atoms with van der Waals surface area (Å²) in [5.74, 6) is 0. The number of benzene rings is 1. The third kappa shape index (κ3) is 1.47. The maximum Gasteiger partial charge on any atom is 0.238 e. The molecule has 0 aromatic heterocycles. The second kappa shape index (κ2) is 3.81. The van der Waals surface area contributed by atoms with Crippen LogP contribution in [0.3, 0.4) is 0 Å². The maximum absolute atomic E-state index is 12.0. The minimum Gasteiger partial charge on any atom is -0.622 e.